The third-order valence-electron chi connectivity index (χ3n) is 1.98. The summed E-state index contributed by atoms with van der Waals surface area (Å²) in [5, 5.41) is 16.8. The molecule has 1 rings (SSSR count). The Kier molecular flexibility index (Phi) is 3.94. The fourth-order valence-electron chi connectivity index (χ4n) is 1.12. The van der Waals surface area contributed by atoms with Crippen molar-refractivity contribution in [1.29, 1.82) is 0 Å². The molecule has 0 radical (unpaired) electrons. The van der Waals surface area contributed by atoms with Crippen molar-refractivity contribution >= 4 is 11.5 Å². The zero-order chi connectivity index (χ0) is 12.1. The fraction of sp³-hybridized carbons (Fsp3) is 0.250. The van der Waals surface area contributed by atoms with Crippen molar-refractivity contribution in [2.45, 2.75) is 20.8 Å². The minimum atomic E-state index is -0.309. The van der Waals surface area contributed by atoms with Gasteiger partial charge in [-0.15, -0.1) is 5.11 Å². The minimum Gasteiger partial charge on any atom is -0.510 e. The zero-order valence-corrected chi connectivity index (χ0v) is 9.56. The van der Waals surface area contributed by atoms with Gasteiger partial charge in [0.25, 0.3) is 0 Å². The van der Waals surface area contributed by atoms with E-state index in [1.807, 2.05) is 19.1 Å². The van der Waals surface area contributed by atoms with Crippen LogP contribution in [0.5, 0.6) is 0 Å². The Morgan fingerprint density at radius 3 is 2.19 bits per heavy atom. The molecule has 16 heavy (non-hydrogen) atoms. The summed E-state index contributed by atoms with van der Waals surface area (Å²) in [5.41, 5.74) is 1.76. The van der Waals surface area contributed by atoms with Crippen molar-refractivity contribution in [3.8, 4) is 0 Å². The molecule has 84 valence electrons. The number of aryl methyl sites for hydroxylation is 1. The second-order valence-electron chi connectivity index (χ2n) is 3.53. The molecule has 1 N–H and O–H groups in total. The minimum absolute atomic E-state index is 0.0134. The first-order valence-electron chi connectivity index (χ1n) is 4.90. The second-order valence-corrected chi connectivity index (χ2v) is 3.53. The Morgan fingerprint density at radius 2 is 1.75 bits per heavy atom. The number of allylic oxidation sites excluding steroid dienone is 2. The van der Waals surface area contributed by atoms with E-state index in [1.165, 1.54) is 13.8 Å². The van der Waals surface area contributed by atoms with Gasteiger partial charge < -0.3 is 5.11 Å². The number of rotatable bonds is 3. The molecule has 0 aliphatic heterocycles. The van der Waals surface area contributed by atoms with Gasteiger partial charge in [0, 0.05) is 6.92 Å². The highest BCUT2D eigenvalue weighted by Crippen LogP contribution is 2.15. The Morgan fingerprint density at radius 1 is 1.19 bits per heavy atom. The summed E-state index contributed by atoms with van der Waals surface area (Å²) in [6, 6.07) is 7.39. The Bertz CT molecular complexity index is 441. The summed E-state index contributed by atoms with van der Waals surface area (Å²) >= 11 is 0. The molecule has 0 spiro atoms. The van der Waals surface area contributed by atoms with Gasteiger partial charge >= 0.3 is 0 Å². The molecule has 4 nitrogen and oxygen atoms in total. The van der Waals surface area contributed by atoms with E-state index in [4.69, 9.17) is 0 Å². The van der Waals surface area contributed by atoms with E-state index in [2.05, 4.69) is 10.2 Å². The number of nitrogens with zero attached hydrogens (tertiary/aromatic N) is 2. The molecule has 1 aromatic carbocycles. The number of aliphatic hydroxyl groups excluding tert-OH is 1. The molecular weight excluding hydrogens is 204 g/mol. The number of aliphatic hydroxyl groups is 1. The SMILES string of the molecule is CC(=O)/C(N=Nc1ccc(C)cc1)=C(\C)O. The van der Waals surface area contributed by atoms with Gasteiger partial charge in [-0.05, 0) is 26.0 Å². The van der Waals surface area contributed by atoms with E-state index in [0.717, 1.165) is 5.56 Å². The van der Waals surface area contributed by atoms with Gasteiger partial charge in [-0.25, -0.2) is 0 Å². The van der Waals surface area contributed by atoms with Crippen LogP contribution in [0.15, 0.2) is 46.0 Å². The molecule has 0 unspecified atom stereocenters. The number of benzene rings is 1. The van der Waals surface area contributed by atoms with Gasteiger partial charge in [0.05, 0.1) is 5.69 Å². The van der Waals surface area contributed by atoms with Crippen LogP contribution >= 0.6 is 0 Å². The average molecular weight is 218 g/mol. The first-order chi connectivity index (χ1) is 7.50. The molecular formula is C12H14N2O2. The summed E-state index contributed by atoms with van der Waals surface area (Å²) in [5.74, 6) is -0.431. The van der Waals surface area contributed by atoms with E-state index in [9.17, 15) is 9.90 Å². The maximum atomic E-state index is 11.1. The number of carbonyl (C=O) groups excluding carboxylic acids is 1. The van der Waals surface area contributed by atoms with Crippen LogP contribution in [-0.2, 0) is 4.79 Å². The molecule has 0 aliphatic rings. The number of azo groups is 1. The maximum Gasteiger partial charge on any atom is 0.183 e. The monoisotopic (exact) mass is 218 g/mol. The lowest BCUT2D eigenvalue weighted by molar-refractivity contribution is -0.113. The van der Waals surface area contributed by atoms with Crippen LogP contribution in [0.25, 0.3) is 0 Å². The first-order valence-corrected chi connectivity index (χ1v) is 4.90. The van der Waals surface area contributed by atoms with Gasteiger partial charge in [-0.3, -0.25) is 4.79 Å². The molecule has 0 amide bonds. The van der Waals surface area contributed by atoms with E-state index in [-0.39, 0.29) is 17.2 Å². The van der Waals surface area contributed by atoms with Crippen LogP contribution in [0.2, 0.25) is 0 Å². The molecule has 0 saturated carbocycles. The van der Waals surface area contributed by atoms with Crippen molar-refractivity contribution in [3.05, 3.63) is 41.3 Å². The predicted molar refractivity (Wildman–Crippen MR) is 61.7 cm³/mol. The van der Waals surface area contributed by atoms with Gasteiger partial charge in [-0.1, -0.05) is 17.7 Å². The van der Waals surface area contributed by atoms with Gasteiger partial charge in [0.15, 0.2) is 11.5 Å². The molecule has 1 aromatic rings. The molecule has 0 aliphatic carbocycles. The molecule has 0 fully saturated rings. The topological polar surface area (TPSA) is 62.0 Å². The van der Waals surface area contributed by atoms with Crippen molar-refractivity contribution in [3.63, 3.8) is 0 Å². The summed E-state index contributed by atoms with van der Waals surface area (Å²) in [4.78, 5) is 11.1. The zero-order valence-electron chi connectivity index (χ0n) is 9.56. The van der Waals surface area contributed by atoms with E-state index in [1.54, 1.807) is 12.1 Å². The lowest BCUT2D eigenvalue weighted by Gasteiger charge is -1.97. The van der Waals surface area contributed by atoms with Crippen molar-refractivity contribution < 1.29 is 9.90 Å². The standard InChI is InChI=1S/C12H14N2O2/c1-8-4-6-11(7-5-8)13-14-12(9(2)15)10(3)16/h4-7,15H,1-3H3/b12-9-,14-13?. The number of hydrogen-bond donors (Lipinski definition) is 1. The lowest BCUT2D eigenvalue weighted by atomic mass is 10.2. The Labute approximate surface area is 94.3 Å². The van der Waals surface area contributed by atoms with Gasteiger partial charge in [0.1, 0.15) is 5.76 Å². The summed E-state index contributed by atoms with van der Waals surface area (Å²) < 4.78 is 0. The number of ketones is 1. The van der Waals surface area contributed by atoms with Crippen LogP contribution in [-0.4, -0.2) is 10.9 Å². The van der Waals surface area contributed by atoms with Gasteiger partial charge in [-0.2, -0.15) is 5.11 Å². The molecule has 0 saturated heterocycles. The molecule has 0 bridgehead atoms. The first kappa shape index (κ1) is 12.1. The normalized spacial score (nSPS) is 12.7. The van der Waals surface area contributed by atoms with Crippen molar-refractivity contribution in [2.24, 2.45) is 10.2 Å². The number of Topliss-reactive ketones (excluding diaryl/α,β-unsaturated/α-hetero) is 1. The van der Waals surface area contributed by atoms with Crippen LogP contribution in [0, 0.1) is 6.92 Å². The predicted octanol–water partition coefficient (Wildman–Crippen LogP) is 3.46. The molecule has 0 atom stereocenters. The summed E-state index contributed by atoms with van der Waals surface area (Å²) in [6.07, 6.45) is 0. The third-order valence-corrected chi connectivity index (χ3v) is 1.98. The van der Waals surface area contributed by atoms with Crippen molar-refractivity contribution in [1.82, 2.24) is 0 Å². The lowest BCUT2D eigenvalue weighted by Crippen LogP contribution is -1.96. The highest BCUT2D eigenvalue weighted by Gasteiger charge is 2.06. The van der Waals surface area contributed by atoms with Crippen LogP contribution < -0.4 is 0 Å². The van der Waals surface area contributed by atoms with E-state index < -0.39 is 0 Å². The number of carbonyl (C=O) groups is 1. The van der Waals surface area contributed by atoms with Gasteiger partial charge in [0.2, 0.25) is 0 Å². The largest absolute Gasteiger partial charge is 0.510 e. The summed E-state index contributed by atoms with van der Waals surface area (Å²) in [6.45, 7) is 4.72. The summed E-state index contributed by atoms with van der Waals surface area (Å²) in [7, 11) is 0. The van der Waals surface area contributed by atoms with E-state index in [0.29, 0.717) is 5.69 Å². The number of hydrogen-bond acceptors (Lipinski definition) is 4. The van der Waals surface area contributed by atoms with Crippen LogP contribution in [0.1, 0.15) is 19.4 Å². The van der Waals surface area contributed by atoms with Crippen LogP contribution in [0.3, 0.4) is 0 Å². The Hall–Kier alpha value is -1.97. The van der Waals surface area contributed by atoms with Crippen LogP contribution in [0.4, 0.5) is 5.69 Å². The maximum absolute atomic E-state index is 11.1. The quantitative estimate of drug-likeness (QED) is 0.479. The molecule has 0 aromatic heterocycles. The van der Waals surface area contributed by atoms with Crippen molar-refractivity contribution in [2.75, 3.05) is 0 Å². The smallest absolute Gasteiger partial charge is 0.183 e. The highest BCUT2D eigenvalue weighted by molar-refractivity contribution is 5.93. The highest BCUT2D eigenvalue weighted by atomic mass is 16.3. The van der Waals surface area contributed by atoms with E-state index >= 15 is 0 Å². The Balaban J connectivity index is 2.92. The molecule has 4 heteroatoms. The molecule has 0 heterocycles. The average Bonchev–Trinajstić information content (AvgIpc) is 2.20. The third kappa shape index (κ3) is 3.31. The fourth-order valence-corrected chi connectivity index (χ4v) is 1.12. The second kappa shape index (κ2) is 5.21.